The predicted molar refractivity (Wildman–Crippen MR) is 431 cm³/mol. The van der Waals surface area contributed by atoms with Crippen LogP contribution in [0.1, 0.15) is 22.3 Å². The average Bonchev–Trinajstić information content (AvgIpc) is 0.723. The lowest BCUT2D eigenvalue weighted by atomic mass is 9.92. The lowest BCUT2D eigenvalue weighted by Gasteiger charge is -2.18. The maximum absolute atomic E-state index is 14.2. The number of hydrogen-bond acceptors (Lipinski definition) is 8. The van der Waals surface area contributed by atoms with E-state index in [1.54, 1.807) is 73.7 Å². The molecule has 10 nitrogen and oxygen atoms in total. The van der Waals surface area contributed by atoms with Crippen molar-refractivity contribution in [3.8, 4) is 124 Å². The van der Waals surface area contributed by atoms with E-state index >= 15 is 0 Å². The number of rotatable bonds is 10. The molecular formula is C96H52F6N10. The number of halogens is 6. The van der Waals surface area contributed by atoms with Crippen molar-refractivity contribution >= 4 is 76.8 Å². The summed E-state index contributed by atoms with van der Waals surface area (Å²) in [7, 11) is 0. The van der Waals surface area contributed by atoms with Gasteiger partial charge in [0.05, 0.1) is 109 Å². The van der Waals surface area contributed by atoms with E-state index in [1.807, 2.05) is 194 Å². The molecule has 0 amide bonds. The lowest BCUT2D eigenvalue weighted by molar-refractivity contribution is -0.137. The molecule has 4 heterocycles. The van der Waals surface area contributed by atoms with Crippen molar-refractivity contribution in [1.29, 1.82) is 10.5 Å². The van der Waals surface area contributed by atoms with Crippen molar-refractivity contribution in [2.75, 3.05) is 0 Å². The predicted octanol–water partition coefficient (Wildman–Crippen LogP) is 25.9. The number of benzene rings is 14. The van der Waals surface area contributed by atoms with Gasteiger partial charge in [-0.1, -0.05) is 224 Å². The molecule has 528 valence electrons. The molecule has 0 saturated heterocycles. The van der Waals surface area contributed by atoms with E-state index in [1.165, 1.54) is 6.07 Å². The van der Waals surface area contributed by atoms with Crippen molar-refractivity contribution < 1.29 is 26.3 Å². The van der Waals surface area contributed by atoms with E-state index in [9.17, 15) is 36.9 Å². The first kappa shape index (κ1) is 69.7. The number of aromatic nitrogens is 6. The summed E-state index contributed by atoms with van der Waals surface area (Å²) in [5, 5.41) is 24.2. The third-order valence-corrected chi connectivity index (χ3v) is 19.9. The summed E-state index contributed by atoms with van der Waals surface area (Å²) in [5.41, 5.74) is 19.8. The standard InChI is InChI=1S/C49H28F3N5.C47H24F3N5/c1-29-24-36(26-37(25-29)49(50,51)52)31-16-18-33(19-17-31)44-41-27-40(32-8-4-3-5-9-32)47-48(43(41)39-10-6-7-11-42(39)55-44)57-46(34-14-12-30(28-53)13-15-34)45(56-47)35-20-22-38(54-2)23-21-35;1-52-34-21-19-32(20-22-34)44-45(31-13-11-27(26-51)12-14-31)55-47-41-35-9-5-6-10-40(35)53-43(37(41)25-36(46(47)54-44)29-7-3-2-4-8-29)30-17-15-28(16-18-30)33-23-38(48)42(50)39(49)24-33/h3-27H,1H3;2-25H. The molecule has 0 unspecified atom stereocenters. The van der Waals surface area contributed by atoms with Crippen LogP contribution in [-0.4, -0.2) is 29.9 Å². The van der Waals surface area contributed by atoms with Crippen LogP contribution in [0.5, 0.6) is 0 Å². The summed E-state index contributed by atoms with van der Waals surface area (Å²) in [4.78, 5) is 39.3. The Morgan fingerprint density at radius 2 is 0.643 bits per heavy atom. The largest absolute Gasteiger partial charge is 0.416 e. The fourth-order valence-electron chi connectivity index (χ4n) is 14.5. The minimum absolute atomic E-state index is 0.210. The van der Waals surface area contributed by atoms with Gasteiger partial charge < -0.3 is 0 Å². The number of para-hydroxylation sites is 2. The molecule has 0 aliphatic rings. The molecule has 0 aliphatic carbocycles. The summed E-state index contributed by atoms with van der Waals surface area (Å²) >= 11 is 0. The van der Waals surface area contributed by atoms with Gasteiger partial charge in [0.25, 0.3) is 0 Å². The Balaban J connectivity index is 0.000000163. The summed E-state index contributed by atoms with van der Waals surface area (Å²) < 4.78 is 83.3. The van der Waals surface area contributed by atoms with Gasteiger partial charge in [-0.2, -0.15) is 23.7 Å². The number of aryl methyl sites for hydroxylation is 1. The molecule has 14 aromatic carbocycles. The van der Waals surface area contributed by atoms with Crippen LogP contribution < -0.4 is 0 Å². The number of pyridine rings is 2. The normalized spacial score (nSPS) is 11.3. The van der Waals surface area contributed by atoms with Crippen molar-refractivity contribution in [2.24, 2.45) is 0 Å². The van der Waals surface area contributed by atoms with Crippen molar-refractivity contribution in [3.05, 3.63) is 360 Å². The Kier molecular flexibility index (Phi) is 17.9. The molecule has 0 radical (unpaired) electrons. The molecule has 4 aromatic heterocycles. The Labute approximate surface area is 637 Å². The molecule has 0 N–H and O–H groups in total. The second-order valence-electron chi connectivity index (χ2n) is 26.8. The highest BCUT2D eigenvalue weighted by molar-refractivity contribution is 6.25. The Hall–Kier alpha value is -15.4. The summed E-state index contributed by atoms with van der Waals surface area (Å²) in [5.74, 6) is -4.03. The van der Waals surface area contributed by atoms with Crippen LogP contribution in [0, 0.1) is 60.2 Å². The molecule has 0 aliphatic heterocycles. The van der Waals surface area contributed by atoms with Gasteiger partial charge >= 0.3 is 6.18 Å². The highest BCUT2D eigenvalue weighted by Crippen LogP contribution is 2.47. The van der Waals surface area contributed by atoms with E-state index in [0.717, 1.165) is 117 Å². The first-order valence-corrected chi connectivity index (χ1v) is 35.4. The number of fused-ring (bicyclic) bond motifs is 10. The van der Waals surface area contributed by atoms with Gasteiger partial charge in [-0.05, 0) is 130 Å². The van der Waals surface area contributed by atoms with Gasteiger partial charge in [0.15, 0.2) is 28.8 Å². The number of nitriles is 2. The fourth-order valence-corrected chi connectivity index (χ4v) is 14.5. The van der Waals surface area contributed by atoms with Crippen LogP contribution >= 0.6 is 0 Å². The molecular weight excluding hydrogens is 1410 g/mol. The minimum atomic E-state index is -4.46. The maximum Gasteiger partial charge on any atom is 0.416 e. The van der Waals surface area contributed by atoms with Crippen LogP contribution in [-0.2, 0) is 6.18 Å². The molecule has 18 rings (SSSR count). The van der Waals surface area contributed by atoms with Crippen LogP contribution in [0.15, 0.2) is 297 Å². The summed E-state index contributed by atoms with van der Waals surface area (Å²) in [6.07, 6.45) is -4.46. The highest BCUT2D eigenvalue weighted by Gasteiger charge is 2.32. The molecule has 16 heteroatoms. The molecule has 112 heavy (non-hydrogen) atoms. The van der Waals surface area contributed by atoms with E-state index in [0.29, 0.717) is 101 Å². The second-order valence-corrected chi connectivity index (χ2v) is 26.8. The van der Waals surface area contributed by atoms with Crippen molar-refractivity contribution in [1.82, 2.24) is 29.9 Å². The van der Waals surface area contributed by atoms with Gasteiger partial charge in [-0.25, -0.2) is 52.8 Å². The Bertz CT molecular complexity index is 6990. The van der Waals surface area contributed by atoms with Gasteiger partial charge in [0.2, 0.25) is 0 Å². The molecule has 0 bridgehead atoms. The zero-order chi connectivity index (χ0) is 76.9. The van der Waals surface area contributed by atoms with Crippen LogP contribution in [0.4, 0.5) is 37.7 Å². The number of alkyl halides is 3. The smallest absolute Gasteiger partial charge is 0.247 e. The molecule has 0 spiro atoms. The Morgan fingerprint density at radius 1 is 0.312 bits per heavy atom. The molecule has 0 saturated carbocycles. The van der Waals surface area contributed by atoms with Crippen LogP contribution in [0.2, 0.25) is 0 Å². The zero-order valence-corrected chi connectivity index (χ0v) is 59.0. The summed E-state index contributed by atoms with van der Waals surface area (Å²) in [6, 6.07) is 93.8. The van der Waals surface area contributed by atoms with Crippen LogP contribution in [0.3, 0.4) is 0 Å². The number of hydrogen-bond donors (Lipinski definition) is 0. The third kappa shape index (κ3) is 13.0. The highest BCUT2D eigenvalue weighted by atomic mass is 19.4. The second kappa shape index (κ2) is 28.7. The topological polar surface area (TPSA) is 134 Å². The van der Waals surface area contributed by atoms with Crippen molar-refractivity contribution in [3.63, 3.8) is 0 Å². The molecule has 18 aromatic rings. The number of nitrogens with zero attached hydrogens (tertiary/aromatic N) is 10. The van der Waals surface area contributed by atoms with Gasteiger partial charge in [0.1, 0.15) is 0 Å². The van der Waals surface area contributed by atoms with E-state index in [4.69, 9.17) is 43.0 Å². The third-order valence-electron chi connectivity index (χ3n) is 19.9. The van der Waals surface area contributed by atoms with Gasteiger partial charge in [-0.15, -0.1) is 0 Å². The summed E-state index contributed by atoms with van der Waals surface area (Å²) in [6.45, 7) is 16.7. The SMILES string of the molecule is [C-]#[N+]c1ccc(-c2nc3c(-c4ccccc4)cc4c(-c5ccc(-c6cc(C)cc(C(F)(F)F)c6)cc5)nc5ccccc5c4c3nc2-c2ccc(C#N)cc2)cc1.[C-]#[N+]c1ccc(-c2nc3c(-c4ccccc4)cc4c(-c5ccc(-c6cc(F)c(F)c(F)c6)cc5)nc5ccccc5c4c3nc2-c2ccc(C#N)cc2)cc1. The van der Waals surface area contributed by atoms with Gasteiger partial charge in [-0.3, -0.25) is 0 Å². The Morgan fingerprint density at radius 3 is 1.02 bits per heavy atom. The maximum atomic E-state index is 14.2. The molecule has 0 atom stereocenters. The van der Waals surface area contributed by atoms with Crippen LogP contribution in [0.25, 0.3) is 187 Å². The zero-order valence-electron chi connectivity index (χ0n) is 59.0. The lowest BCUT2D eigenvalue weighted by Crippen LogP contribution is -2.05. The van der Waals surface area contributed by atoms with E-state index in [-0.39, 0.29) is 5.56 Å². The fraction of sp³-hybridized carbons (Fsp3) is 0.0208. The van der Waals surface area contributed by atoms with Crippen molar-refractivity contribution in [2.45, 2.75) is 13.1 Å². The molecule has 0 fully saturated rings. The quantitative estimate of drug-likeness (QED) is 0.0572. The minimum Gasteiger partial charge on any atom is -0.247 e. The monoisotopic (exact) mass is 1460 g/mol. The van der Waals surface area contributed by atoms with Gasteiger partial charge in [0, 0.05) is 65.7 Å². The average molecular weight is 1460 g/mol. The van der Waals surface area contributed by atoms with E-state index in [2.05, 4.69) is 34.0 Å². The van der Waals surface area contributed by atoms with E-state index < -0.39 is 29.2 Å². The first-order valence-electron chi connectivity index (χ1n) is 35.4. The first-order chi connectivity index (χ1) is 54.6.